The maximum absolute atomic E-state index is 14.8. The van der Waals surface area contributed by atoms with E-state index in [1.54, 1.807) is 24.3 Å². The smallest absolute Gasteiger partial charge is 0.433 e. The molecule has 0 unspecified atom stereocenters. The summed E-state index contributed by atoms with van der Waals surface area (Å²) in [4.78, 5) is 27.8. The summed E-state index contributed by atoms with van der Waals surface area (Å²) in [5.41, 5.74) is 1.71. The Labute approximate surface area is 220 Å². The van der Waals surface area contributed by atoms with Gasteiger partial charge in [0.25, 0.3) is 5.91 Å². The number of carbonyl (C=O) groups is 1. The minimum Gasteiger partial charge on any atom is -0.493 e. The Balaban J connectivity index is 1.47. The first kappa shape index (κ1) is 25.1. The van der Waals surface area contributed by atoms with Crippen molar-refractivity contribution >= 4 is 17.4 Å². The zero-order valence-corrected chi connectivity index (χ0v) is 21.1. The number of benzene rings is 1. The van der Waals surface area contributed by atoms with Crippen molar-refractivity contribution < 1.29 is 27.1 Å². The van der Waals surface area contributed by atoms with Gasteiger partial charge in [-0.25, -0.2) is 19.3 Å². The Morgan fingerprint density at radius 2 is 1.95 bits per heavy atom. The standard InChI is InChI=1S/C27H24F4N6O2/c1-14(2)36-12-20-15(5-8-22(35-20)27(29,30)31)18-11-33-26(37-13-34-23(24(18)37)25(36)38)32-10-17-16-4-3-9-39-21(16)7-6-19(17)28/h5-8,11,13-14H,3-4,9-10,12H2,1-2H3,(H,32,33). The van der Waals surface area contributed by atoms with Gasteiger partial charge in [-0.3, -0.25) is 9.20 Å². The normalized spacial score (nSPS) is 15.1. The van der Waals surface area contributed by atoms with E-state index >= 15 is 0 Å². The van der Waals surface area contributed by atoms with Gasteiger partial charge in [-0.15, -0.1) is 0 Å². The number of nitrogens with one attached hydrogen (secondary N) is 1. The molecule has 3 aromatic heterocycles. The third kappa shape index (κ3) is 4.23. The predicted molar refractivity (Wildman–Crippen MR) is 134 cm³/mol. The number of imidazole rings is 1. The van der Waals surface area contributed by atoms with Crippen LogP contribution in [0.15, 0.2) is 36.8 Å². The number of nitrogens with zero attached hydrogens (tertiary/aromatic N) is 5. The summed E-state index contributed by atoms with van der Waals surface area (Å²) in [6, 6.07) is 4.94. The molecule has 2 aliphatic heterocycles. The number of fused-ring (bicyclic) bond motifs is 3. The number of rotatable bonds is 4. The molecule has 8 nitrogen and oxygen atoms in total. The Morgan fingerprint density at radius 3 is 2.72 bits per heavy atom. The van der Waals surface area contributed by atoms with Crippen molar-refractivity contribution in [1.82, 2.24) is 24.3 Å². The second-order valence-electron chi connectivity index (χ2n) is 9.83. The van der Waals surface area contributed by atoms with Gasteiger partial charge in [-0.1, -0.05) is 6.07 Å². The molecule has 1 amide bonds. The topological polar surface area (TPSA) is 84.7 Å². The van der Waals surface area contributed by atoms with E-state index in [9.17, 15) is 22.4 Å². The summed E-state index contributed by atoms with van der Waals surface area (Å²) in [6.45, 7) is 4.12. The second kappa shape index (κ2) is 9.21. The van der Waals surface area contributed by atoms with Gasteiger partial charge >= 0.3 is 6.18 Å². The van der Waals surface area contributed by atoms with Crippen molar-refractivity contribution in [3.05, 3.63) is 70.8 Å². The van der Waals surface area contributed by atoms with Crippen LogP contribution in [0.3, 0.4) is 0 Å². The molecule has 39 heavy (non-hydrogen) atoms. The first-order chi connectivity index (χ1) is 18.6. The maximum atomic E-state index is 14.8. The lowest BCUT2D eigenvalue weighted by atomic mass is 9.99. The summed E-state index contributed by atoms with van der Waals surface area (Å²) in [5, 5.41) is 3.15. The molecule has 0 atom stereocenters. The second-order valence-corrected chi connectivity index (χ2v) is 9.83. The minimum atomic E-state index is -4.63. The third-order valence-electron chi connectivity index (χ3n) is 7.11. The van der Waals surface area contributed by atoms with Crippen molar-refractivity contribution in [3.8, 4) is 16.9 Å². The molecule has 202 valence electrons. The highest BCUT2D eigenvalue weighted by Crippen LogP contribution is 2.37. The number of aromatic nitrogens is 4. The summed E-state index contributed by atoms with van der Waals surface area (Å²) in [5.74, 6) is 0.147. The van der Waals surface area contributed by atoms with Gasteiger partial charge < -0.3 is 15.0 Å². The van der Waals surface area contributed by atoms with Crippen molar-refractivity contribution in [2.75, 3.05) is 11.9 Å². The van der Waals surface area contributed by atoms with Gasteiger partial charge in [0.05, 0.1) is 24.4 Å². The highest BCUT2D eigenvalue weighted by atomic mass is 19.4. The van der Waals surface area contributed by atoms with Crippen LogP contribution >= 0.6 is 0 Å². The monoisotopic (exact) mass is 540 g/mol. The molecular formula is C27H24F4N6O2. The van der Waals surface area contributed by atoms with E-state index in [0.717, 1.165) is 18.1 Å². The molecule has 4 aromatic rings. The molecule has 0 saturated carbocycles. The number of halogens is 4. The summed E-state index contributed by atoms with van der Waals surface area (Å²) in [7, 11) is 0. The van der Waals surface area contributed by atoms with Crippen LogP contribution < -0.4 is 10.1 Å². The molecule has 5 heterocycles. The molecule has 0 saturated heterocycles. The number of anilines is 1. The van der Waals surface area contributed by atoms with Crippen LogP contribution in [0.1, 0.15) is 53.3 Å². The third-order valence-corrected chi connectivity index (χ3v) is 7.11. The Bertz CT molecular complexity index is 1610. The molecule has 0 bridgehead atoms. The average Bonchev–Trinajstić information content (AvgIpc) is 3.35. The lowest BCUT2D eigenvalue weighted by Gasteiger charge is -2.29. The van der Waals surface area contributed by atoms with Crippen molar-refractivity contribution in [2.45, 2.75) is 52.0 Å². The SMILES string of the molecule is CC(C)N1Cc2nc(C(F)(F)F)ccc2-c2cnc(NCc3c(F)ccc4c3CCCO4)n3cnc(c23)C1=O. The maximum Gasteiger partial charge on any atom is 0.433 e. The van der Waals surface area contributed by atoms with Crippen molar-refractivity contribution in [2.24, 2.45) is 0 Å². The predicted octanol–water partition coefficient (Wildman–Crippen LogP) is 5.25. The van der Waals surface area contributed by atoms with Gasteiger partial charge in [0.1, 0.15) is 23.6 Å². The Morgan fingerprint density at radius 1 is 1.13 bits per heavy atom. The largest absolute Gasteiger partial charge is 0.493 e. The highest BCUT2D eigenvalue weighted by molar-refractivity contribution is 6.04. The molecule has 0 aliphatic carbocycles. The van der Waals surface area contributed by atoms with Crippen LogP contribution in [0.2, 0.25) is 0 Å². The number of carbonyl (C=O) groups excluding carboxylic acids is 1. The molecule has 6 rings (SSSR count). The van der Waals surface area contributed by atoms with Crippen LogP contribution in [0.4, 0.5) is 23.5 Å². The van der Waals surface area contributed by atoms with E-state index in [-0.39, 0.29) is 36.3 Å². The first-order valence-corrected chi connectivity index (χ1v) is 12.5. The molecule has 0 spiro atoms. The van der Waals surface area contributed by atoms with Gasteiger partial charge in [0.15, 0.2) is 5.69 Å². The van der Waals surface area contributed by atoms with Crippen LogP contribution in [0.5, 0.6) is 5.75 Å². The van der Waals surface area contributed by atoms with E-state index in [4.69, 9.17) is 4.74 Å². The minimum absolute atomic E-state index is 0.104. The lowest BCUT2D eigenvalue weighted by Crippen LogP contribution is -2.38. The Hall–Kier alpha value is -4.22. The van der Waals surface area contributed by atoms with E-state index in [2.05, 4.69) is 20.3 Å². The van der Waals surface area contributed by atoms with Crippen LogP contribution in [-0.2, 0) is 25.7 Å². The zero-order valence-electron chi connectivity index (χ0n) is 21.1. The number of alkyl halides is 3. The molecular weight excluding hydrogens is 516 g/mol. The molecule has 0 fully saturated rings. The molecule has 12 heteroatoms. The number of hydrogen-bond donors (Lipinski definition) is 1. The number of hydrogen-bond acceptors (Lipinski definition) is 6. The fourth-order valence-corrected chi connectivity index (χ4v) is 5.15. The lowest BCUT2D eigenvalue weighted by molar-refractivity contribution is -0.141. The first-order valence-electron chi connectivity index (χ1n) is 12.5. The number of amides is 1. The average molecular weight is 541 g/mol. The quantitative estimate of drug-likeness (QED) is 0.356. The van der Waals surface area contributed by atoms with Gasteiger partial charge in [-0.2, -0.15) is 13.2 Å². The fourth-order valence-electron chi connectivity index (χ4n) is 5.15. The van der Waals surface area contributed by atoms with E-state index < -0.39 is 17.8 Å². The van der Waals surface area contributed by atoms with Gasteiger partial charge in [-0.05, 0) is 44.9 Å². The van der Waals surface area contributed by atoms with Crippen LogP contribution in [0.25, 0.3) is 16.6 Å². The molecule has 0 radical (unpaired) electrons. The number of pyridine rings is 1. The van der Waals surface area contributed by atoms with Crippen LogP contribution in [0, 0.1) is 5.82 Å². The van der Waals surface area contributed by atoms with E-state index in [0.29, 0.717) is 46.9 Å². The summed E-state index contributed by atoms with van der Waals surface area (Å²) in [6.07, 6.45) is -0.255. The van der Waals surface area contributed by atoms with Crippen molar-refractivity contribution in [1.29, 1.82) is 0 Å². The summed E-state index contributed by atoms with van der Waals surface area (Å²) < 4.78 is 62.5. The molecule has 1 N–H and O–H groups in total. The fraction of sp³-hybridized carbons (Fsp3) is 0.333. The highest BCUT2D eigenvalue weighted by Gasteiger charge is 2.35. The van der Waals surface area contributed by atoms with Gasteiger partial charge in [0, 0.05) is 41.0 Å². The molecule has 1 aromatic carbocycles. The number of ether oxygens (including phenoxy) is 1. The van der Waals surface area contributed by atoms with E-state index in [1.165, 1.54) is 29.6 Å². The molecule has 2 aliphatic rings. The van der Waals surface area contributed by atoms with Gasteiger partial charge in [0.2, 0.25) is 5.95 Å². The van der Waals surface area contributed by atoms with E-state index in [1.807, 2.05) is 0 Å². The Kier molecular flexibility index (Phi) is 5.92. The van der Waals surface area contributed by atoms with Crippen molar-refractivity contribution in [3.63, 3.8) is 0 Å². The summed E-state index contributed by atoms with van der Waals surface area (Å²) >= 11 is 0. The zero-order chi connectivity index (χ0) is 27.5. The van der Waals surface area contributed by atoms with Crippen LogP contribution in [-0.4, -0.2) is 42.8 Å².